The van der Waals surface area contributed by atoms with Crippen LogP contribution in [0.25, 0.3) is 0 Å². The molecule has 1 heterocycles. The molecular weight excluding hydrogens is 346 g/mol. The van der Waals surface area contributed by atoms with Gasteiger partial charge in [-0.15, -0.1) is 0 Å². The second kappa shape index (κ2) is 9.69. The standard InChI is InChI=1S/C20H33N3O4/c1-9-23-15(5)17(14(4)18(23)20(26)27-8)16(24)12-22(11-10-21(6)7)19(25)13(2)3/h13H,9-12H2,1-8H3. The van der Waals surface area contributed by atoms with Crippen LogP contribution in [0.1, 0.15) is 52.9 Å². The molecule has 1 aromatic heterocycles. The highest BCUT2D eigenvalue weighted by atomic mass is 16.5. The lowest BCUT2D eigenvalue weighted by Crippen LogP contribution is -2.42. The van der Waals surface area contributed by atoms with E-state index < -0.39 is 5.97 Å². The van der Waals surface area contributed by atoms with Crippen molar-refractivity contribution < 1.29 is 19.1 Å². The van der Waals surface area contributed by atoms with Gasteiger partial charge in [0, 0.05) is 36.8 Å². The van der Waals surface area contributed by atoms with Crippen molar-refractivity contribution in [1.82, 2.24) is 14.4 Å². The fraction of sp³-hybridized carbons (Fsp3) is 0.650. The van der Waals surface area contributed by atoms with Crippen LogP contribution in [-0.4, -0.2) is 72.9 Å². The molecule has 0 radical (unpaired) electrons. The SMILES string of the molecule is CCn1c(C)c(C(=O)CN(CCN(C)C)C(=O)C(C)C)c(C)c1C(=O)OC. The lowest BCUT2D eigenvalue weighted by atomic mass is 10.0. The van der Waals surface area contributed by atoms with Gasteiger partial charge in [-0.1, -0.05) is 13.8 Å². The number of nitrogens with zero attached hydrogens (tertiary/aromatic N) is 3. The Morgan fingerprint density at radius 1 is 1.11 bits per heavy atom. The Hall–Kier alpha value is -2.15. The number of likely N-dealkylation sites (N-methyl/N-ethyl adjacent to an activating group) is 1. The molecule has 0 bridgehead atoms. The molecule has 0 fully saturated rings. The van der Waals surface area contributed by atoms with Crippen LogP contribution in [0.4, 0.5) is 0 Å². The number of hydrogen-bond acceptors (Lipinski definition) is 5. The van der Waals surface area contributed by atoms with E-state index >= 15 is 0 Å². The highest BCUT2D eigenvalue weighted by Crippen LogP contribution is 2.24. The third-order valence-corrected chi connectivity index (χ3v) is 4.70. The number of rotatable bonds is 9. The van der Waals surface area contributed by atoms with E-state index in [1.54, 1.807) is 16.4 Å². The van der Waals surface area contributed by atoms with Crippen LogP contribution < -0.4 is 0 Å². The maximum absolute atomic E-state index is 13.1. The zero-order chi connectivity index (χ0) is 20.9. The number of amides is 1. The van der Waals surface area contributed by atoms with Gasteiger partial charge in [0.05, 0.1) is 13.7 Å². The van der Waals surface area contributed by atoms with Crippen molar-refractivity contribution in [2.24, 2.45) is 5.92 Å². The van der Waals surface area contributed by atoms with E-state index in [4.69, 9.17) is 4.74 Å². The first-order valence-electron chi connectivity index (χ1n) is 9.31. The Labute approximate surface area is 162 Å². The molecule has 0 spiro atoms. The van der Waals surface area contributed by atoms with Crippen LogP contribution in [-0.2, 0) is 16.1 Å². The molecule has 0 unspecified atom stereocenters. The minimum Gasteiger partial charge on any atom is -0.464 e. The predicted molar refractivity (Wildman–Crippen MR) is 105 cm³/mol. The molecule has 0 N–H and O–H groups in total. The number of esters is 1. The molecule has 0 saturated heterocycles. The van der Waals surface area contributed by atoms with Crippen LogP contribution in [0.2, 0.25) is 0 Å². The number of Topliss-reactive ketones (excluding diaryl/α,β-unsaturated/α-hetero) is 1. The summed E-state index contributed by atoms with van der Waals surface area (Å²) in [7, 11) is 5.19. The monoisotopic (exact) mass is 379 g/mol. The summed E-state index contributed by atoms with van der Waals surface area (Å²) in [5.41, 5.74) is 2.24. The van der Waals surface area contributed by atoms with Gasteiger partial charge in [-0.2, -0.15) is 0 Å². The van der Waals surface area contributed by atoms with Gasteiger partial charge in [0.15, 0.2) is 5.78 Å². The molecule has 1 rings (SSSR count). The van der Waals surface area contributed by atoms with Crippen molar-refractivity contribution in [3.8, 4) is 0 Å². The van der Waals surface area contributed by atoms with Gasteiger partial charge in [0.1, 0.15) is 5.69 Å². The highest BCUT2D eigenvalue weighted by molar-refractivity contribution is 6.04. The molecule has 1 amide bonds. The minimum absolute atomic E-state index is 0.000867. The first kappa shape index (κ1) is 22.9. The quantitative estimate of drug-likeness (QED) is 0.486. The number of carbonyl (C=O) groups is 3. The molecule has 7 heteroatoms. The third kappa shape index (κ3) is 5.19. The molecule has 0 atom stereocenters. The number of hydrogen-bond donors (Lipinski definition) is 0. The lowest BCUT2D eigenvalue weighted by Gasteiger charge is -2.25. The maximum Gasteiger partial charge on any atom is 0.354 e. The van der Waals surface area contributed by atoms with E-state index in [1.807, 2.05) is 46.7 Å². The molecule has 0 aliphatic rings. The molecular formula is C20H33N3O4. The van der Waals surface area contributed by atoms with E-state index in [1.165, 1.54) is 7.11 Å². The molecule has 0 saturated carbocycles. The summed E-state index contributed by atoms with van der Waals surface area (Å²) < 4.78 is 6.68. The van der Waals surface area contributed by atoms with Gasteiger partial charge in [-0.25, -0.2) is 4.79 Å². The molecule has 0 aliphatic heterocycles. The molecule has 0 aromatic carbocycles. The van der Waals surface area contributed by atoms with Crippen molar-refractivity contribution in [2.45, 2.75) is 41.2 Å². The average molecular weight is 380 g/mol. The van der Waals surface area contributed by atoms with Gasteiger partial charge in [-0.3, -0.25) is 9.59 Å². The largest absolute Gasteiger partial charge is 0.464 e. The van der Waals surface area contributed by atoms with E-state index in [0.29, 0.717) is 36.5 Å². The second-order valence-corrected chi connectivity index (χ2v) is 7.31. The Morgan fingerprint density at radius 3 is 2.15 bits per heavy atom. The van der Waals surface area contributed by atoms with Crippen LogP contribution in [0.5, 0.6) is 0 Å². The van der Waals surface area contributed by atoms with E-state index in [0.717, 1.165) is 5.69 Å². The van der Waals surface area contributed by atoms with E-state index in [2.05, 4.69) is 0 Å². The fourth-order valence-corrected chi connectivity index (χ4v) is 3.27. The van der Waals surface area contributed by atoms with Crippen LogP contribution >= 0.6 is 0 Å². The minimum atomic E-state index is -0.459. The van der Waals surface area contributed by atoms with Gasteiger partial charge in [0.2, 0.25) is 5.91 Å². The van der Waals surface area contributed by atoms with Gasteiger partial charge < -0.3 is 19.1 Å². The summed E-state index contributed by atoms with van der Waals surface area (Å²) in [6.45, 7) is 10.9. The van der Waals surface area contributed by atoms with E-state index in [9.17, 15) is 14.4 Å². The van der Waals surface area contributed by atoms with Crippen molar-refractivity contribution in [1.29, 1.82) is 0 Å². The topological polar surface area (TPSA) is 71.9 Å². The summed E-state index contributed by atoms with van der Waals surface area (Å²) in [4.78, 5) is 41.4. The maximum atomic E-state index is 13.1. The number of methoxy groups -OCH3 is 1. The van der Waals surface area contributed by atoms with Crippen LogP contribution in [0.3, 0.4) is 0 Å². The fourth-order valence-electron chi connectivity index (χ4n) is 3.27. The third-order valence-electron chi connectivity index (χ3n) is 4.70. The number of ether oxygens (including phenoxy) is 1. The van der Waals surface area contributed by atoms with Crippen molar-refractivity contribution in [3.05, 3.63) is 22.5 Å². The van der Waals surface area contributed by atoms with Crippen LogP contribution in [0, 0.1) is 19.8 Å². The summed E-state index contributed by atoms with van der Waals surface area (Å²) in [6, 6.07) is 0. The smallest absolute Gasteiger partial charge is 0.354 e. The Bertz CT molecular complexity index is 705. The van der Waals surface area contributed by atoms with Crippen molar-refractivity contribution >= 4 is 17.7 Å². The van der Waals surface area contributed by atoms with E-state index in [-0.39, 0.29) is 24.2 Å². The molecule has 27 heavy (non-hydrogen) atoms. The first-order valence-corrected chi connectivity index (χ1v) is 9.31. The highest BCUT2D eigenvalue weighted by Gasteiger charge is 2.28. The van der Waals surface area contributed by atoms with Crippen molar-refractivity contribution in [2.75, 3.05) is 40.8 Å². The lowest BCUT2D eigenvalue weighted by molar-refractivity contribution is -0.134. The number of ketones is 1. The summed E-state index contributed by atoms with van der Waals surface area (Å²) in [5.74, 6) is -0.856. The molecule has 152 valence electrons. The Balaban J connectivity index is 3.24. The Kier molecular flexibility index (Phi) is 8.21. The zero-order valence-electron chi connectivity index (χ0n) is 17.9. The number of carbonyl (C=O) groups excluding carboxylic acids is 3. The summed E-state index contributed by atoms with van der Waals surface area (Å²) in [5, 5.41) is 0. The zero-order valence-corrected chi connectivity index (χ0v) is 17.9. The molecule has 7 nitrogen and oxygen atoms in total. The second-order valence-electron chi connectivity index (χ2n) is 7.31. The van der Waals surface area contributed by atoms with Gasteiger partial charge in [-0.05, 0) is 40.4 Å². The summed E-state index contributed by atoms with van der Waals surface area (Å²) >= 11 is 0. The van der Waals surface area contributed by atoms with Gasteiger partial charge >= 0.3 is 5.97 Å². The van der Waals surface area contributed by atoms with Gasteiger partial charge in [0.25, 0.3) is 0 Å². The van der Waals surface area contributed by atoms with Crippen molar-refractivity contribution in [3.63, 3.8) is 0 Å². The first-order chi connectivity index (χ1) is 12.6. The van der Waals surface area contributed by atoms with Crippen LogP contribution in [0.15, 0.2) is 0 Å². The number of aromatic nitrogens is 1. The normalized spacial score (nSPS) is 11.2. The molecule has 1 aromatic rings. The summed E-state index contributed by atoms with van der Waals surface area (Å²) in [6.07, 6.45) is 0. The molecule has 0 aliphatic carbocycles. The Morgan fingerprint density at radius 2 is 1.70 bits per heavy atom. The average Bonchev–Trinajstić information content (AvgIpc) is 2.86. The predicted octanol–water partition coefficient (Wildman–Crippen LogP) is 2.14.